The van der Waals surface area contributed by atoms with Gasteiger partial charge in [0.05, 0.1) is 11.9 Å². The fourth-order valence-corrected chi connectivity index (χ4v) is 6.13. The van der Waals surface area contributed by atoms with Gasteiger partial charge >= 0.3 is 0 Å². The Morgan fingerprint density at radius 3 is 2.47 bits per heavy atom. The lowest BCUT2D eigenvalue weighted by Gasteiger charge is -2.46. The van der Waals surface area contributed by atoms with E-state index in [1.54, 1.807) is 0 Å². The van der Waals surface area contributed by atoms with Crippen LogP contribution in [-0.4, -0.2) is 35.6 Å². The molecule has 5 N–H and O–H groups in total. The first-order valence-corrected chi connectivity index (χ1v) is 10.8. The van der Waals surface area contributed by atoms with E-state index in [1.807, 2.05) is 0 Å². The molecule has 1 unspecified atom stereocenters. The Morgan fingerprint density at radius 1 is 1.17 bits per heavy atom. The number of rotatable bonds is 3. The zero-order chi connectivity index (χ0) is 21.7. The Balaban J connectivity index is 1.68. The van der Waals surface area contributed by atoms with Gasteiger partial charge < -0.3 is 16.8 Å². The van der Waals surface area contributed by atoms with E-state index in [9.17, 15) is 22.0 Å². The highest BCUT2D eigenvalue weighted by molar-refractivity contribution is 7.93. The van der Waals surface area contributed by atoms with E-state index >= 15 is 0 Å². The summed E-state index contributed by atoms with van der Waals surface area (Å²) in [5.74, 6) is -2.77. The largest absolute Gasteiger partial charge is 0.386 e. The molecule has 0 saturated heterocycles. The summed E-state index contributed by atoms with van der Waals surface area (Å²) in [6.07, 6.45) is 2.33. The van der Waals surface area contributed by atoms with Crippen molar-refractivity contribution in [2.45, 2.75) is 29.7 Å². The highest BCUT2D eigenvalue weighted by Crippen LogP contribution is 2.45. The van der Waals surface area contributed by atoms with Crippen molar-refractivity contribution >= 4 is 27.3 Å². The van der Waals surface area contributed by atoms with Crippen LogP contribution in [0.4, 0.5) is 14.5 Å². The van der Waals surface area contributed by atoms with Crippen LogP contribution >= 0.6 is 0 Å². The maximum atomic E-state index is 14.6. The van der Waals surface area contributed by atoms with Crippen LogP contribution < -0.4 is 16.8 Å². The molecule has 0 radical (unpaired) electrons. The van der Waals surface area contributed by atoms with Crippen LogP contribution in [0.5, 0.6) is 0 Å². The first kappa shape index (κ1) is 20.4. The minimum absolute atomic E-state index is 0.0563. The van der Waals surface area contributed by atoms with Crippen LogP contribution in [-0.2, 0) is 15.5 Å². The summed E-state index contributed by atoms with van der Waals surface area (Å²) in [5, 5.41) is 2.50. The molecule has 11 heteroatoms. The second kappa shape index (κ2) is 6.81. The molecular formula is C19H19F2N5O3S. The first-order chi connectivity index (χ1) is 14.1. The Bertz CT molecular complexity index is 1160. The van der Waals surface area contributed by atoms with Crippen molar-refractivity contribution < 1.29 is 22.0 Å². The van der Waals surface area contributed by atoms with E-state index in [0.29, 0.717) is 19.3 Å². The third-order valence-electron chi connectivity index (χ3n) is 5.60. The molecule has 1 aromatic heterocycles. The van der Waals surface area contributed by atoms with Crippen molar-refractivity contribution in [1.82, 2.24) is 4.98 Å². The van der Waals surface area contributed by atoms with E-state index in [1.165, 1.54) is 18.2 Å². The van der Waals surface area contributed by atoms with Crippen LogP contribution in [0.3, 0.4) is 0 Å². The molecule has 1 fully saturated rings. The second-order valence-electron chi connectivity index (χ2n) is 7.54. The topological polar surface area (TPSA) is 141 Å². The Morgan fingerprint density at radius 2 is 1.90 bits per heavy atom. The minimum Gasteiger partial charge on any atom is -0.386 e. The summed E-state index contributed by atoms with van der Waals surface area (Å²) >= 11 is 0. The Kier molecular flexibility index (Phi) is 4.62. The van der Waals surface area contributed by atoms with E-state index in [-0.39, 0.29) is 22.8 Å². The Labute approximate surface area is 171 Å². The van der Waals surface area contributed by atoms with Crippen molar-refractivity contribution in [2.24, 2.45) is 16.5 Å². The van der Waals surface area contributed by atoms with Gasteiger partial charge in [-0.15, -0.1) is 0 Å². The van der Waals surface area contributed by atoms with Crippen molar-refractivity contribution in [2.75, 3.05) is 11.1 Å². The number of amides is 1. The number of anilines is 1. The molecule has 1 spiro atoms. The number of nitrogens with two attached hydrogens (primary N) is 2. The molecular weight excluding hydrogens is 416 g/mol. The number of benzene rings is 1. The lowest BCUT2D eigenvalue weighted by Crippen LogP contribution is -2.64. The number of carbonyl (C=O) groups is 1. The molecule has 0 bridgehead atoms. The summed E-state index contributed by atoms with van der Waals surface area (Å²) < 4.78 is 52.2. The molecule has 1 aliphatic carbocycles. The average molecular weight is 435 g/mol. The zero-order valence-electron chi connectivity index (χ0n) is 15.7. The number of nitrogens with zero attached hydrogens (tertiary/aromatic N) is 2. The predicted octanol–water partition coefficient (Wildman–Crippen LogP) is 1.43. The fraction of sp³-hybridized carbons (Fsp3) is 0.316. The summed E-state index contributed by atoms with van der Waals surface area (Å²) in [4.78, 5) is 20.2. The third-order valence-corrected chi connectivity index (χ3v) is 8.23. The van der Waals surface area contributed by atoms with Crippen LogP contribution in [0, 0.1) is 11.6 Å². The van der Waals surface area contributed by atoms with Gasteiger partial charge in [-0.25, -0.2) is 27.2 Å². The van der Waals surface area contributed by atoms with E-state index in [2.05, 4.69) is 15.3 Å². The molecule has 8 nitrogen and oxygen atoms in total. The average Bonchev–Trinajstić information content (AvgIpc) is 2.61. The molecule has 2 aromatic rings. The first-order valence-electron chi connectivity index (χ1n) is 9.16. The van der Waals surface area contributed by atoms with Gasteiger partial charge in [-0.2, -0.15) is 0 Å². The van der Waals surface area contributed by atoms with E-state index in [0.717, 1.165) is 18.3 Å². The molecule has 4 rings (SSSR count). The maximum absolute atomic E-state index is 14.6. The normalized spacial score (nSPS) is 24.0. The summed E-state index contributed by atoms with van der Waals surface area (Å²) in [5.41, 5.74) is 10.1. The van der Waals surface area contributed by atoms with E-state index in [4.69, 9.17) is 11.5 Å². The number of nitrogens with one attached hydrogen (secondary N) is 1. The van der Waals surface area contributed by atoms with Gasteiger partial charge in [-0.3, -0.25) is 4.79 Å². The van der Waals surface area contributed by atoms with Gasteiger partial charge in [0, 0.05) is 11.3 Å². The zero-order valence-corrected chi connectivity index (χ0v) is 16.5. The van der Waals surface area contributed by atoms with Crippen molar-refractivity contribution in [3.8, 4) is 0 Å². The van der Waals surface area contributed by atoms with Crippen LogP contribution in [0.15, 0.2) is 41.5 Å². The molecule has 1 aromatic carbocycles. The van der Waals surface area contributed by atoms with Crippen molar-refractivity contribution in [3.63, 3.8) is 0 Å². The molecule has 2 heterocycles. The number of halogens is 2. The number of amidine groups is 1. The third kappa shape index (κ3) is 3.14. The van der Waals surface area contributed by atoms with Crippen molar-refractivity contribution in [1.29, 1.82) is 0 Å². The number of sulfone groups is 1. The number of aromatic nitrogens is 1. The molecule has 2 aliphatic rings. The van der Waals surface area contributed by atoms with Gasteiger partial charge in [0.2, 0.25) is 0 Å². The number of hydrogen-bond acceptors (Lipinski definition) is 7. The van der Waals surface area contributed by atoms with Crippen LogP contribution in [0.25, 0.3) is 0 Å². The number of carbonyl (C=O) groups excluding carboxylic acids is 1. The fourth-order valence-electron chi connectivity index (χ4n) is 3.78. The van der Waals surface area contributed by atoms with Crippen LogP contribution in [0.1, 0.15) is 35.3 Å². The summed E-state index contributed by atoms with van der Waals surface area (Å²) in [6, 6.07) is 5.80. The lowest BCUT2D eigenvalue weighted by molar-refractivity contribution is 0.102. The Hall–Kier alpha value is -2.92. The number of pyridine rings is 1. The predicted molar refractivity (Wildman–Crippen MR) is 106 cm³/mol. The molecule has 30 heavy (non-hydrogen) atoms. The quantitative estimate of drug-likeness (QED) is 0.666. The van der Waals surface area contributed by atoms with Gasteiger partial charge in [-0.05, 0) is 49.6 Å². The standard InChI is InChI=1S/C19H19F2N5O3S/c20-11-2-5-15(24-9-11)16(27)25-12-3-4-14(21)13(8-12)19(23)10-30(28,29)18(6-1-7-18)17(22)26-19/h2-5,8-9H,1,6-7,10,23H2,(H2,22,26)(H,25,27). The number of hydrogen-bond donors (Lipinski definition) is 3. The second-order valence-corrected chi connectivity index (χ2v) is 9.84. The summed E-state index contributed by atoms with van der Waals surface area (Å²) in [6.45, 7) is 0. The van der Waals surface area contributed by atoms with Gasteiger partial charge in [-0.1, -0.05) is 0 Å². The summed E-state index contributed by atoms with van der Waals surface area (Å²) in [7, 11) is -3.77. The molecule has 1 saturated carbocycles. The monoisotopic (exact) mass is 435 g/mol. The molecule has 1 atom stereocenters. The van der Waals surface area contributed by atoms with E-state index < -0.39 is 43.5 Å². The molecule has 158 valence electrons. The smallest absolute Gasteiger partial charge is 0.274 e. The highest BCUT2D eigenvalue weighted by Gasteiger charge is 2.58. The van der Waals surface area contributed by atoms with Crippen LogP contribution in [0.2, 0.25) is 0 Å². The molecule has 1 aliphatic heterocycles. The maximum Gasteiger partial charge on any atom is 0.274 e. The minimum atomic E-state index is -3.77. The van der Waals surface area contributed by atoms with Gasteiger partial charge in [0.1, 0.15) is 27.9 Å². The SMILES string of the molecule is NC1=NC(N)(c2cc(NC(=O)c3ccc(F)cn3)ccc2F)CS(=O)(=O)C12CCC2. The van der Waals surface area contributed by atoms with Gasteiger partial charge in [0.25, 0.3) is 5.91 Å². The highest BCUT2D eigenvalue weighted by atomic mass is 32.2. The molecule has 1 amide bonds. The van der Waals surface area contributed by atoms with Crippen molar-refractivity contribution in [3.05, 3.63) is 59.4 Å². The lowest BCUT2D eigenvalue weighted by atomic mass is 9.82. The van der Waals surface area contributed by atoms with Gasteiger partial charge in [0.15, 0.2) is 15.5 Å². The number of aliphatic imine (C=N–C) groups is 1.